The van der Waals surface area contributed by atoms with Crippen LogP contribution in [0.4, 0.5) is 0 Å². The summed E-state index contributed by atoms with van der Waals surface area (Å²) in [6.07, 6.45) is 0. The van der Waals surface area contributed by atoms with E-state index in [1.54, 1.807) is 11.3 Å². The van der Waals surface area contributed by atoms with E-state index in [-0.39, 0.29) is 6.04 Å². The van der Waals surface area contributed by atoms with E-state index in [0.717, 1.165) is 19.8 Å². The van der Waals surface area contributed by atoms with Gasteiger partial charge in [0, 0.05) is 13.8 Å². The molecular formula is C14H14Br2ClNS. The first-order valence-electron chi connectivity index (χ1n) is 5.97. The van der Waals surface area contributed by atoms with Crippen molar-refractivity contribution in [1.82, 2.24) is 5.32 Å². The Labute approximate surface area is 139 Å². The molecule has 2 rings (SSSR count). The van der Waals surface area contributed by atoms with Crippen LogP contribution >= 0.6 is 54.8 Å². The van der Waals surface area contributed by atoms with Gasteiger partial charge in [0.2, 0.25) is 0 Å². The molecule has 5 heteroatoms. The van der Waals surface area contributed by atoms with Crippen molar-refractivity contribution in [3.05, 3.63) is 53.6 Å². The smallest absolute Gasteiger partial charge is 0.107 e. The van der Waals surface area contributed by atoms with Crippen molar-refractivity contribution in [1.29, 1.82) is 0 Å². The lowest BCUT2D eigenvalue weighted by molar-refractivity contribution is 0.636. The zero-order valence-electron chi connectivity index (χ0n) is 10.6. The molecule has 1 atom stereocenters. The molecule has 102 valence electrons. The predicted molar refractivity (Wildman–Crippen MR) is 91.4 cm³/mol. The maximum absolute atomic E-state index is 6.16. The highest BCUT2D eigenvalue weighted by molar-refractivity contribution is 9.10. The van der Waals surface area contributed by atoms with E-state index in [1.807, 2.05) is 0 Å². The van der Waals surface area contributed by atoms with Crippen molar-refractivity contribution in [3.63, 3.8) is 0 Å². The van der Waals surface area contributed by atoms with Crippen molar-refractivity contribution < 1.29 is 0 Å². The number of rotatable bonds is 4. The van der Waals surface area contributed by atoms with Crippen LogP contribution in [0.25, 0.3) is 0 Å². The zero-order chi connectivity index (χ0) is 14.0. The summed E-state index contributed by atoms with van der Waals surface area (Å²) in [7, 11) is 0. The number of hydrogen-bond acceptors (Lipinski definition) is 2. The second-order valence-electron chi connectivity index (χ2n) is 4.26. The summed E-state index contributed by atoms with van der Waals surface area (Å²) < 4.78 is 2.87. The van der Waals surface area contributed by atoms with Gasteiger partial charge in [0.25, 0.3) is 0 Å². The second-order valence-corrected chi connectivity index (χ2v) is 7.72. The highest BCUT2D eigenvalue weighted by Gasteiger charge is 2.18. The lowest BCUT2D eigenvalue weighted by Gasteiger charge is -2.19. The zero-order valence-corrected chi connectivity index (χ0v) is 15.4. The molecule has 0 aliphatic heterocycles. The van der Waals surface area contributed by atoms with Crippen LogP contribution in [0.2, 0.25) is 4.34 Å². The van der Waals surface area contributed by atoms with Crippen molar-refractivity contribution >= 4 is 54.8 Å². The van der Waals surface area contributed by atoms with Crippen molar-refractivity contribution in [2.45, 2.75) is 19.9 Å². The van der Waals surface area contributed by atoms with Gasteiger partial charge in [-0.1, -0.05) is 40.5 Å². The minimum absolute atomic E-state index is 0.187. The van der Waals surface area contributed by atoms with Crippen LogP contribution in [0.5, 0.6) is 0 Å². The Morgan fingerprint density at radius 1 is 1.32 bits per heavy atom. The van der Waals surface area contributed by atoms with Crippen LogP contribution in [0.1, 0.15) is 29.0 Å². The summed E-state index contributed by atoms with van der Waals surface area (Å²) in [5, 5.41) is 3.53. The highest BCUT2D eigenvalue weighted by Crippen LogP contribution is 2.38. The molecule has 1 aromatic carbocycles. The summed E-state index contributed by atoms with van der Waals surface area (Å²) in [5.41, 5.74) is 2.55. The van der Waals surface area contributed by atoms with Gasteiger partial charge in [-0.25, -0.2) is 0 Å². The Balaban J connectivity index is 2.44. The number of benzene rings is 1. The molecule has 1 heterocycles. The van der Waals surface area contributed by atoms with Gasteiger partial charge < -0.3 is 5.32 Å². The van der Waals surface area contributed by atoms with Gasteiger partial charge in [0.1, 0.15) is 4.34 Å². The standard InChI is InChI=1S/C14H14Br2ClNS/c1-3-18-13(12-7-11(16)14(17)19-12)10-5-4-9(15)6-8(10)2/h4-7,13,18H,3H2,1-2H3. The first-order valence-corrected chi connectivity index (χ1v) is 8.75. The van der Waals surface area contributed by atoms with Gasteiger partial charge in [-0.15, -0.1) is 11.3 Å². The molecule has 0 radical (unpaired) electrons. The number of nitrogens with one attached hydrogen (secondary N) is 1. The van der Waals surface area contributed by atoms with Crippen molar-refractivity contribution in [2.24, 2.45) is 0 Å². The number of thiophene rings is 1. The minimum Gasteiger partial charge on any atom is -0.306 e. The van der Waals surface area contributed by atoms with E-state index in [0.29, 0.717) is 0 Å². The molecule has 1 unspecified atom stereocenters. The summed E-state index contributed by atoms with van der Waals surface area (Å²) >= 11 is 14.8. The van der Waals surface area contributed by atoms with Gasteiger partial charge in [0.05, 0.1) is 6.04 Å². The SMILES string of the molecule is CCNC(c1cc(Br)c(Cl)s1)c1ccc(Br)cc1C. The number of aryl methyl sites for hydroxylation is 1. The molecule has 1 nitrogen and oxygen atoms in total. The maximum Gasteiger partial charge on any atom is 0.107 e. The molecule has 0 aliphatic rings. The molecule has 0 amide bonds. The first-order chi connectivity index (χ1) is 9.02. The molecule has 0 saturated heterocycles. The Bertz CT molecular complexity index is 563. The molecule has 1 N–H and O–H groups in total. The maximum atomic E-state index is 6.16. The van der Waals surface area contributed by atoms with Crippen molar-refractivity contribution in [2.75, 3.05) is 6.54 Å². The van der Waals surface area contributed by atoms with Gasteiger partial charge in [0.15, 0.2) is 0 Å². The molecule has 1 aromatic heterocycles. The van der Waals surface area contributed by atoms with Crippen LogP contribution in [0, 0.1) is 6.92 Å². The first kappa shape index (κ1) is 15.5. The highest BCUT2D eigenvalue weighted by atomic mass is 79.9. The summed E-state index contributed by atoms with van der Waals surface area (Å²) in [4.78, 5) is 1.23. The minimum atomic E-state index is 0.187. The van der Waals surface area contributed by atoms with Crippen molar-refractivity contribution in [3.8, 4) is 0 Å². The molecule has 0 fully saturated rings. The average molecular weight is 424 g/mol. The quantitative estimate of drug-likeness (QED) is 0.642. The predicted octanol–water partition coefficient (Wildman–Crippen LogP) is 5.93. The van der Waals surface area contributed by atoms with Crippen LogP contribution in [0.15, 0.2) is 33.2 Å². The molecular weight excluding hydrogens is 409 g/mol. The van der Waals surface area contributed by atoms with Crippen LogP contribution < -0.4 is 5.32 Å². The molecule has 0 bridgehead atoms. The topological polar surface area (TPSA) is 12.0 Å². The lowest BCUT2D eigenvalue weighted by atomic mass is 10.00. The molecule has 0 saturated carbocycles. The fourth-order valence-corrected chi connectivity index (χ4v) is 4.34. The van der Waals surface area contributed by atoms with E-state index in [2.05, 4.69) is 75.3 Å². The normalized spacial score (nSPS) is 12.7. The Morgan fingerprint density at radius 2 is 2.05 bits per heavy atom. The van der Waals surface area contributed by atoms with E-state index < -0.39 is 0 Å². The van der Waals surface area contributed by atoms with E-state index in [9.17, 15) is 0 Å². The third-order valence-electron chi connectivity index (χ3n) is 2.90. The molecule has 19 heavy (non-hydrogen) atoms. The fraction of sp³-hybridized carbons (Fsp3) is 0.286. The fourth-order valence-electron chi connectivity index (χ4n) is 2.04. The van der Waals surface area contributed by atoms with Gasteiger partial charge in [-0.3, -0.25) is 0 Å². The van der Waals surface area contributed by atoms with Gasteiger partial charge in [-0.2, -0.15) is 0 Å². The third kappa shape index (κ3) is 3.61. The van der Waals surface area contributed by atoms with E-state index in [4.69, 9.17) is 11.6 Å². The number of halogens is 3. The average Bonchev–Trinajstić information content (AvgIpc) is 2.67. The molecule has 2 aromatic rings. The Morgan fingerprint density at radius 3 is 2.58 bits per heavy atom. The van der Waals surface area contributed by atoms with Crippen LogP contribution in [-0.2, 0) is 0 Å². The Kier molecular flexibility index (Phi) is 5.49. The number of hydrogen-bond donors (Lipinski definition) is 1. The lowest BCUT2D eigenvalue weighted by Crippen LogP contribution is -2.21. The van der Waals surface area contributed by atoms with E-state index in [1.165, 1.54) is 16.0 Å². The van der Waals surface area contributed by atoms with Gasteiger partial charge in [-0.05, 0) is 58.7 Å². The Hall–Kier alpha value is 0.130. The second kappa shape index (κ2) is 6.72. The molecule has 0 aliphatic carbocycles. The summed E-state index contributed by atoms with van der Waals surface area (Å²) in [5.74, 6) is 0. The third-order valence-corrected chi connectivity index (χ3v) is 5.93. The van der Waals surface area contributed by atoms with Crippen LogP contribution in [0.3, 0.4) is 0 Å². The van der Waals surface area contributed by atoms with Crippen LogP contribution in [-0.4, -0.2) is 6.54 Å². The summed E-state index contributed by atoms with van der Waals surface area (Å²) in [6, 6.07) is 8.67. The largest absolute Gasteiger partial charge is 0.306 e. The van der Waals surface area contributed by atoms with Gasteiger partial charge >= 0.3 is 0 Å². The van der Waals surface area contributed by atoms with E-state index >= 15 is 0 Å². The molecule has 0 spiro atoms. The summed E-state index contributed by atoms with van der Waals surface area (Å²) in [6.45, 7) is 5.16. The monoisotopic (exact) mass is 421 g/mol.